The minimum atomic E-state index is 0.310. The Labute approximate surface area is 113 Å². The van der Waals surface area contributed by atoms with E-state index >= 15 is 0 Å². The summed E-state index contributed by atoms with van der Waals surface area (Å²) in [5.74, 6) is 1.22. The molecule has 1 amide bonds. The number of pyridine rings is 1. The largest absolute Gasteiger partial charge is 0.384 e. The van der Waals surface area contributed by atoms with Crippen molar-refractivity contribution in [3.05, 3.63) is 18.3 Å². The van der Waals surface area contributed by atoms with E-state index in [1.165, 1.54) is 6.42 Å². The molecule has 1 aromatic heterocycles. The number of carbonyl (C=O) groups is 1. The Kier molecular flexibility index (Phi) is 3.27. The first-order chi connectivity index (χ1) is 9.24. The monoisotopic (exact) mass is 260 g/mol. The van der Waals surface area contributed by atoms with E-state index in [0.29, 0.717) is 17.6 Å². The van der Waals surface area contributed by atoms with Crippen LogP contribution in [0.4, 0.5) is 11.5 Å². The topological polar surface area (TPSA) is 62.5 Å². The van der Waals surface area contributed by atoms with Crippen LogP contribution in [0.1, 0.15) is 19.3 Å². The van der Waals surface area contributed by atoms with Crippen molar-refractivity contribution in [1.29, 1.82) is 0 Å². The Bertz CT molecular complexity index is 447. The van der Waals surface area contributed by atoms with Gasteiger partial charge in [-0.3, -0.25) is 4.79 Å². The first-order valence-electron chi connectivity index (χ1n) is 6.99. The first kappa shape index (κ1) is 12.3. The smallest absolute Gasteiger partial charge is 0.225 e. The van der Waals surface area contributed by atoms with Crippen molar-refractivity contribution in [3.63, 3.8) is 0 Å². The van der Waals surface area contributed by atoms with Crippen LogP contribution in [0.3, 0.4) is 0 Å². The molecule has 0 aromatic carbocycles. The van der Waals surface area contributed by atoms with E-state index in [1.807, 2.05) is 17.0 Å². The quantitative estimate of drug-likeness (QED) is 0.865. The van der Waals surface area contributed by atoms with Gasteiger partial charge >= 0.3 is 0 Å². The molecular formula is C14H20N4O. The Morgan fingerprint density at radius 1 is 1.21 bits per heavy atom. The number of rotatable bonds is 2. The van der Waals surface area contributed by atoms with Crippen molar-refractivity contribution in [2.75, 3.05) is 36.8 Å². The van der Waals surface area contributed by atoms with Crippen LogP contribution in [-0.2, 0) is 4.79 Å². The molecule has 19 heavy (non-hydrogen) atoms. The van der Waals surface area contributed by atoms with Crippen molar-refractivity contribution in [2.45, 2.75) is 19.3 Å². The number of amides is 1. The summed E-state index contributed by atoms with van der Waals surface area (Å²) >= 11 is 0. The minimum absolute atomic E-state index is 0.310. The third-order valence-corrected chi connectivity index (χ3v) is 4.18. The van der Waals surface area contributed by atoms with Gasteiger partial charge in [-0.1, -0.05) is 6.42 Å². The summed E-state index contributed by atoms with van der Waals surface area (Å²) in [7, 11) is 0. The van der Waals surface area contributed by atoms with E-state index in [4.69, 9.17) is 5.73 Å². The fourth-order valence-electron chi connectivity index (χ4n) is 2.68. The molecule has 1 aliphatic carbocycles. The van der Waals surface area contributed by atoms with Gasteiger partial charge in [-0.05, 0) is 25.0 Å². The van der Waals surface area contributed by atoms with Crippen LogP contribution in [0.25, 0.3) is 0 Å². The second-order valence-electron chi connectivity index (χ2n) is 5.38. The number of nitrogens with two attached hydrogens (primary N) is 1. The lowest BCUT2D eigenvalue weighted by Crippen LogP contribution is -2.51. The van der Waals surface area contributed by atoms with Crippen LogP contribution in [0, 0.1) is 5.92 Å². The number of nitrogens with zero attached hydrogens (tertiary/aromatic N) is 3. The molecule has 0 bridgehead atoms. The fourth-order valence-corrected chi connectivity index (χ4v) is 2.68. The summed E-state index contributed by atoms with van der Waals surface area (Å²) in [6.07, 6.45) is 5.19. The molecule has 0 atom stereocenters. The van der Waals surface area contributed by atoms with Crippen LogP contribution in [0.15, 0.2) is 18.3 Å². The zero-order chi connectivity index (χ0) is 13.2. The maximum Gasteiger partial charge on any atom is 0.225 e. The van der Waals surface area contributed by atoms with Crippen LogP contribution in [0.5, 0.6) is 0 Å². The highest BCUT2D eigenvalue weighted by molar-refractivity contribution is 5.79. The maximum absolute atomic E-state index is 12.1. The van der Waals surface area contributed by atoms with Gasteiger partial charge < -0.3 is 15.5 Å². The molecular weight excluding hydrogens is 240 g/mol. The highest BCUT2D eigenvalue weighted by Crippen LogP contribution is 2.28. The van der Waals surface area contributed by atoms with Gasteiger partial charge in [0.2, 0.25) is 5.91 Å². The first-order valence-corrected chi connectivity index (χ1v) is 6.99. The zero-order valence-corrected chi connectivity index (χ0v) is 11.1. The molecule has 3 rings (SSSR count). The van der Waals surface area contributed by atoms with Crippen molar-refractivity contribution < 1.29 is 4.79 Å². The molecule has 1 saturated carbocycles. The van der Waals surface area contributed by atoms with E-state index < -0.39 is 0 Å². The second-order valence-corrected chi connectivity index (χ2v) is 5.38. The molecule has 1 aromatic rings. The van der Waals surface area contributed by atoms with Gasteiger partial charge in [0.25, 0.3) is 0 Å². The van der Waals surface area contributed by atoms with E-state index in [0.717, 1.165) is 44.7 Å². The molecule has 2 aliphatic rings. The van der Waals surface area contributed by atoms with Crippen molar-refractivity contribution in [3.8, 4) is 0 Å². The van der Waals surface area contributed by atoms with Gasteiger partial charge in [0.1, 0.15) is 5.82 Å². The Morgan fingerprint density at radius 2 is 1.95 bits per heavy atom. The van der Waals surface area contributed by atoms with Crippen molar-refractivity contribution >= 4 is 17.4 Å². The van der Waals surface area contributed by atoms with E-state index in [2.05, 4.69) is 9.88 Å². The lowest BCUT2D eigenvalue weighted by molar-refractivity contribution is -0.138. The Hall–Kier alpha value is -1.78. The molecule has 5 heteroatoms. The van der Waals surface area contributed by atoms with Crippen LogP contribution < -0.4 is 10.6 Å². The molecule has 2 heterocycles. The molecule has 0 radical (unpaired) electrons. The highest BCUT2D eigenvalue weighted by atomic mass is 16.2. The normalized spacial score (nSPS) is 20.2. The number of hydrogen-bond acceptors (Lipinski definition) is 4. The average molecular weight is 260 g/mol. The Morgan fingerprint density at radius 3 is 2.47 bits per heavy atom. The maximum atomic E-state index is 12.1. The lowest BCUT2D eigenvalue weighted by Gasteiger charge is -2.39. The molecule has 2 fully saturated rings. The fraction of sp³-hybridized carbons (Fsp3) is 0.571. The molecule has 102 valence electrons. The molecule has 1 saturated heterocycles. The molecule has 2 N–H and O–H groups in total. The number of aromatic nitrogens is 1. The van der Waals surface area contributed by atoms with Gasteiger partial charge in [-0.25, -0.2) is 4.98 Å². The summed E-state index contributed by atoms with van der Waals surface area (Å²) in [6, 6.07) is 3.81. The number of hydrogen-bond donors (Lipinski definition) is 1. The number of anilines is 2. The summed E-state index contributed by atoms with van der Waals surface area (Å²) in [6.45, 7) is 3.40. The summed E-state index contributed by atoms with van der Waals surface area (Å²) in [4.78, 5) is 20.5. The number of nitrogen functional groups attached to an aromatic ring is 1. The SMILES string of the molecule is Nc1ccc(N2CCN(C(=O)C3CCC3)CC2)cn1. The van der Waals surface area contributed by atoms with Crippen LogP contribution >= 0.6 is 0 Å². The summed E-state index contributed by atoms with van der Waals surface area (Å²) < 4.78 is 0. The number of piperazine rings is 1. The molecule has 1 aliphatic heterocycles. The standard InChI is InChI=1S/C14H20N4O/c15-13-5-4-12(10-16-13)17-6-8-18(9-7-17)14(19)11-2-1-3-11/h4-5,10-11H,1-3,6-9H2,(H2,15,16). The van der Waals surface area contributed by atoms with Gasteiger partial charge in [0.05, 0.1) is 11.9 Å². The predicted octanol–water partition coefficient (Wildman–Crippen LogP) is 1.11. The van der Waals surface area contributed by atoms with Crippen LogP contribution in [-0.4, -0.2) is 42.0 Å². The third-order valence-electron chi connectivity index (χ3n) is 4.18. The van der Waals surface area contributed by atoms with E-state index in [9.17, 15) is 4.79 Å². The van der Waals surface area contributed by atoms with E-state index in [1.54, 1.807) is 6.20 Å². The lowest BCUT2D eigenvalue weighted by atomic mass is 9.84. The minimum Gasteiger partial charge on any atom is -0.384 e. The summed E-state index contributed by atoms with van der Waals surface area (Å²) in [5, 5.41) is 0. The molecule has 5 nitrogen and oxygen atoms in total. The second kappa shape index (κ2) is 5.07. The Balaban J connectivity index is 1.56. The summed E-state index contributed by atoms with van der Waals surface area (Å²) in [5.41, 5.74) is 6.68. The van der Waals surface area contributed by atoms with Crippen molar-refractivity contribution in [2.24, 2.45) is 5.92 Å². The van der Waals surface area contributed by atoms with Crippen molar-refractivity contribution in [1.82, 2.24) is 9.88 Å². The van der Waals surface area contributed by atoms with Gasteiger partial charge in [0, 0.05) is 32.1 Å². The van der Waals surface area contributed by atoms with E-state index in [-0.39, 0.29) is 0 Å². The highest BCUT2D eigenvalue weighted by Gasteiger charge is 2.31. The average Bonchev–Trinajstić information content (AvgIpc) is 2.38. The zero-order valence-electron chi connectivity index (χ0n) is 11.1. The molecule has 0 spiro atoms. The van der Waals surface area contributed by atoms with Gasteiger partial charge in [-0.2, -0.15) is 0 Å². The molecule has 0 unspecified atom stereocenters. The number of carbonyl (C=O) groups excluding carboxylic acids is 1. The van der Waals surface area contributed by atoms with Crippen LogP contribution in [0.2, 0.25) is 0 Å². The third kappa shape index (κ3) is 2.50. The van der Waals surface area contributed by atoms with Gasteiger partial charge in [0.15, 0.2) is 0 Å². The predicted molar refractivity (Wildman–Crippen MR) is 74.8 cm³/mol. The van der Waals surface area contributed by atoms with Gasteiger partial charge in [-0.15, -0.1) is 0 Å².